The molecule has 1 rings (SSSR count). The molecule has 1 aromatic rings. The minimum absolute atomic E-state index is 0.101. The first-order valence-corrected chi connectivity index (χ1v) is 5.80. The van der Waals surface area contributed by atoms with E-state index in [9.17, 15) is 0 Å². The zero-order valence-electron chi connectivity index (χ0n) is 10.7. The molecule has 1 aromatic heterocycles. The molecule has 0 aliphatic heterocycles. The number of hydrogen-bond acceptors (Lipinski definition) is 3. The Bertz CT molecular complexity index is 293. The second-order valence-electron chi connectivity index (χ2n) is 4.82. The van der Waals surface area contributed by atoms with Crippen LogP contribution in [0.1, 0.15) is 39.3 Å². The Morgan fingerprint density at radius 3 is 2.69 bits per heavy atom. The second kappa shape index (κ2) is 5.97. The van der Waals surface area contributed by atoms with Crippen molar-refractivity contribution in [2.75, 3.05) is 13.2 Å². The van der Waals surface area contributed by atoms with Crippen LogP contribution in [-0.2, 0) is 4.74 Å². The molecule has 0 bridgehead atoms. The van der Waals surface area contributed by atoms with Gasteiger partial charge in [0.1, 0.15) is 0 Å². The van der Waals surface area contributed by atoms with E-state index in [1.807, 2.05) is 12.3 Å². The maximum absolute atomic E-state index is 5.81. The van der Waals surface area contributed by atoms with Gasteiger partial charge >= 0.3 is 0 Å². The largest absolute Gasteiger partial charge is 0.374 e. The third-order valence-electron chi connectivity index (χ3n) is 2.22. The highest BCUT2D eigenvalue weighted by atomic mass is 16.5. The lowest BCUT2D eigenvalue weighted by Gasteiger charge is -2.25. The fourth-order valence-corrected chi connectivity index (χ4v) is 1.43. The van der Waals surface area contributed by atoms with Crippen molar-refractivity contribution in [3.63, 3.8) is 0 Å². The fourth-order valence-electron chi connectivity index (χ4n) is 1.43. The van der Waals surface area contributed by atoms with Gasteiger partial charge < -0.3 is 10.1 Å². The molecule has 0 radical (unpaired) electrons. The van der Waals surface area contributed by atoms with E-state index in [1.165, 1.54) is 5.56 Å². The van der Waals surface area contributed by atoms with Crippen LogP contribution < -0.4 is 5.32 Å². The summed E-state index contributed by atoms with van der Waals surface area (Å²) in [5.74, 6) is 0. The van der Waals surface area contributed by atoms with Gasteiger partial charge in [0.05, 0.1) is 18.2 Å². The number of hydrogen-bond donors (Lipinski definition) is 1. The van der Waals surface area contributed by atoms with Crippen molar-refractivity contribution in [3.05, 3.63) is 30.1 Å². The lowest BCUT2D eigenvalue weighted by atomic mass is 10.1. The van der Waals surface area contributed by atoms with Crippen molar-refractivity contribution in [2.24, 2.45) is 0 Å². The molecule has 16 heavy (non-hydrogen) atoms. The van der Waals surface area contributed by atoms with Crippen molar-refractivity contribution < 1.29 is 4.74 Å². The zero-order chi connectivity index (χ0) is 12.0. The van der Waals surface area contributed by atoms with Crippen LogP contribution in [0.5, 0.6) is 0 Å². The van der Waals surface area contributed by atoms with Gasteiger partial charge in [0.2, 0.25) is 0 Å². The predicted molar refractivity (Wildman–Crippen MR) is 66.4 cm³/mol. The molecule has 1 heterocycles. The van der Waals surface area contributed by atoms with Gasteiger partial charge in [0, 0.05) is 12.4 Å². The molecule has 0 aliphatic rings. The first-order valence-electron chi connectivity index (χ1n) is 5.80. The summed E-state index contributed by atoms with van der Waals surface area (Å²) in [5, 5.41) is 3.41. The van der Waals surface area contributed by atoms with Crippen LogP contribution in [0.2, 0.25) is 0 Å². The molecule has 0 spiro atoms. The van der Waals surface area contributed by atoms with Gasteiger partial charge in [-0.2, -0.15) is 0 Å². The fraction of sp³-hybridized carbons (Fsp3) is 0.615. The Morgan fingerprint density at radius 1 is 1.44 bits per heavy atom. The standard InChI is InChI=1S/C13H22N2O/c1-5-15-12(10-16-13(2,3)4)11-7-6-8-14-9-11/h6-9,12,15H,5,10H2,1-4H3. The third kappa shape index (κ3) is 4.73. The second-order valence-corrected chi connectivity index (χ2v) is 4.82. The van der Waals surface area contributed by atoms with Crippen molar-refractivity contribution in [1.82, 2.24) is 10.3 Å². The number of likely N-dealkylation sites (N-methyl/N-ethyl adjacent to an activating group) is 1. The number of pyridine rings is 1. The highest BCUT2D eigenvalue weighted by molar-refractivity contribution is 5.13. The Balaban J connectivity index is 2.61. The monoisotopic (exact) mass is 222 g/mol. The maximum atomic E-state index is 5.81. The van der Waals surface area contributed by atoms with Crippen molar-refractivity contribution >= 4 is 0 Å². The summed E-state index contributed by atoms with van der Waals surface area (Å²) in [6.07, 6.45) is 3.68. The first kappa shape index (κ1) is 13.1. The number of nitrogens with zero attached hydrogens (tertiary/aromatic N) is 1. The molecule has 0 fully saturated rings. The average molecular weight is 222 g/mol. The molecule has 0 saturated heterocycles. The zero-order valence-corrected chi connectivity index (χ0v) is 10.7. The van der Waals surface area contributed by atoms with Crippen LogP contribution in [0.15, 0.2) is 24.5 Å². The molecule has 3 heteroatoms. The van der Waals surface area contributed by atoms with Crippen LogP contribution in [0.25, 0.3) is 0 Å². The van der Waals surface area contributed by atoms with Gasteiger partial charge in [-0.1, -0.05) is 13.0 Å². The highest BCUT2D eigenvalue weighted by Gasteiger charge is 2.16. The van der Waals surface area contributed by atoms with Crippen LogP contribution in [0.4, 0.5) is 0 Å². The third-order valence-corrected chi connectivity index (χ3v) is 2.22. The minimum atomic E-state index is -0.101. The van der Waals surface area contributed by atoms with Crippen LogP contribution in [-0.4, -0.2) is 23.7 Å². The van der Waals surface area contributed by atoms with E-state index in [2.05, 4.69) is 44.1 Å². The van der Waals surface area contributed by atoms with E-state index < -0.39 is 0 Å². The van der Waals surface area contributed by atoms with Crippen molar-refractivity contribution in [2.45, 2.75) is 39.3 Å². The summed E-state index contributed by atoms with van der Waals surface area (Å²) in [6, 6.07) is 4.25. The number of rotatable bonds is 5. The van der Waals surface area contributed by atoms with E-state index in [4.69, 9.17) is 4.74 Å². The Kier molecular flexibility index (Phi) is 4.90. The predicted octanol–water partition coefficient (Wildman–Crippen LogP) is 2.55. The highest BCUT2D eigenvalue weighted by Crippen LogP contribution is 2.15. The van der Waals surface area contributed by atoms with E-state index in [0.717, 1.165) is 6.54 Å². The average Bonchev–Trinajstić information content (AvgIpc) is 2.24. The Labute approximate surface area is 98.2 Å². The first-order chi connectivity index (χ1) is 7.53. The molecule has 1 N–H and O–H groups in total. The minimum Gasteiger partial charge on any atom is -0.374 e. The molecular weight excluding hydrogens is 200 g/mol. The molecule has 1 unspecified atom stereocenters. The van der Waals surface area contributed by atoms with Gasteiger partial charge in [0.25, 0.3) is 0 Å². The number of nitrogens with one attached hydrogen (secondary N) is 1. The summed E-state index contributed by atoms with van der Waals surface area (Å²) >= 11 is 0. The van der Waals surface area contributed by atoms with Crippen LogP contribution in [0, 0.1) is 0 Å². The van der Waals surface area contributed by atoms with E-state index in [-0.39, 0.29) is 11.6 Å². The van der Waals surface area contributed by atoms with Gasteiger partial charge in [-0.15, -0.1) is 0 Å². The van der Waals surface area contributed by atoms with Crippen LogP contribution >= 0.6 is 0 Å². The van der Waals surface area contributed by atoms with E-state index in [0.29, 0.717) is 6.61 Å². The molecule has 90 valence electrons. The molecule has 0 amide bonds. The van der Waals surface area contributed by atoms with Crippen LogP contribution in [0.3, 0.4) is 0 Å². The van der Waals surface area contributed by atoms with Crippen molar-refractivity contribution in [3.8, 4) is 0 Å². The van der Waals surface area contributed by atoms with Gasteiger partial charge in [-0.25, -0.2) is 0 Å². The van der Waals surface area contributed by atoms with Gasteiger partial charge in [-0.05, 0) is 38.9 Å². The Hall–Kier alpha value is -0.930. The number of aromatic nitrogens is 1. The van der Waals surface area contributed by atoms with E-state index in [1.54, 1.807) is 6.20 Å². The summed E-state index contributed by atoms with van der Waals surface area (Å²) < 4.78 is 5.81. The SMILES string of the molecule is CCNC(COC(C)(C)C)c1cccnc1. The lowest BCUT2D eigenvalue weighted by Crippen LogP contribution is -2.30. The molecular formula is C13H22N2O. The molecule has 0 saturated carbocycles. The smallest absolute Gasteiger partial charge is 0.0669 e. The molecule has 0 aliphatic carbocycles. The summed E-state index contributed by atoms with van der Waals surface area (Å²) in [7, 11) is 0. The molecule has 1 atom stereocenters. The lowest BCUT2D eigenvalue weighted by molar-refractivity contribution is -0.0146. The van der Waals surface area contributed by atoms with E-state index >= 15 is 0 Å². The van der Waals surface area contributed by atoms with Gasteiger partial charge in [0.15, 0.2) is 0 Å². The molecule has 3 nitrogen and oxygen atoms in total. The van der Waals surface area contributed by atoms with Gasteiger partial charge in [-0.3, -0.25) is 4.98 Å². The number of ether oxygens (including phenoxy) is 1. The molecule has 0 aromatic carbocycles. The quantitative estimate of drug-likeness (QED) is 0.831. The summed E-state index contributed by atoms with van der Waals surface area (Å²) in [5.41, 5.74) is 1.07. The van der Waals surface area contributed by atoms with Crippen molar-refractivity contribution in [1.29, 1.82) is 0 Å². The summed E-state index contributed by atoms with van der Waals surface area (Å²) in [6.45, 7) is 9.90. The topological polar surface area (TPSA) is 34.1 Å². The maximum Gasteiger partial charge on any atom is 0.0669 e. The Morgan fingerprint density at radius 2 is 2.19 bits per heavy atom. The summed E-state index contributed by atoms with van der Waals surface area (Å²) in [4.78, 5) is 4.14. The normalized spacial score (nSPS) is 13.8.